The molecule has 3 rings (SSSR count). The van der Waals surface area contributed by atoms with Gasteiger partial charge in [0.15, 0.2) is 0 Å². The number of aromatic amines is 1. The zero-order valence-electron chi connectivity index (χ0n) is 11.2. The third-order valence-electron chi connectivity index (χ3n) is 3.13. The van der Waals surface area contributed by atoms with Gasteiger partial charge in [-0.1, -0.05) is 46.9 Å². The summed E-state index contributed by atoms with van der Waals surface area (Å²) in [6.45, 7) is -0.171. The monoisotopic (exact) mass is 372 g/mol. The second-order valence-electron chi connectivity index (χ2n) is 4.66. The number of hydrogen-bond acceptors (Lipinski definition) is 3. The third kappa shape index (κ3) is 3.21. The molecule has 0 unspecified atom stereocenters. The molecular formula is C15H11Cl3N2OS. The molecule has 0 amide bonds. The van der Waals surface area contributed by atoms with E-state index in [1.165, 1.54) is 0 Å². The van der Waals surface area contributed by atoms with Gasteiger partial charge in [-0.25, -0.2) is 4.98 Å². The standard InChI is InChI=1S/C15H11Cl3N2OS/c16-9-3-1-8(2-4-9)7-22-11-5-10-15(14(18)13(11)17)20-12(6-21)19-10/h1-5,21H,6-7H2,(H,19,20). The van der Waals surface area contributed by atoms with Crippen molar-refractivity contribution in [3.8, 4) is 0 Å². The normalized spacial score (nSPS) is 11.3. The molecule has 0 bridgehead atoms. The SMILES string of the molecule is OCc1nc2c(Cl)c(Cl)c(SCc3ccc(Cl)cc3)cc2[nH]1. The molecule has 0 saturated carbocycles. The van der Waals surface area contributed by atoms with Gasteiger partial charge in [-0.05, 0) is 23.8 Å². The van der Waals surface area contributed by atoms with Crippen molar-refractivity contribution in [1.29, 1.82) is 0 Å². The second-order valence-corrected chi connectivity index (χ2v) is 6.87. The summed E-state index contributed by atoms with van der Waals surface area (Å²) >= 11 is 20.1. The molecule has 1 aromatic heterocycles. The van der Waals surface area contributed by atoms with E-state index in [1.807, 2.05) is 30.3 Å². The Labute approximate surface area is 146 Å². The van der Waals surface area contributed by atoms with Crippen LogP contribution in [0.4, 0.5) is 0 Å². The van der Waals surface area contributed by atoms with Crippen molar-refractivity contribution in [2.24, 2.45) is 0 Å². The Morgan fingerprint density at radius 3 is 2.50 bits per heavy atom. The summed E-state index contributed by atoms with van der Waals surface area (Å²) in [5.74, 6) is 1.22. The number of thioether (sulfide) groups is 1. The Kier molecular flexibility index (Phi) is 4.85. The van der Waals surface area contributed by atoms with E-state index in [2.05, 4.69) is 9.97 Å². The minimum atomic E-state index is -0.171. The lowest BCUT2D eigenvalue weighted by Gasteiger charge is -2.07. The smallest absolute Gasteiger partial charge is 0.133 e. The number of imidazole rings is 1. The molecular weight excluding hydrogens is 363 g/mol. The van der Waals surface area contributed by atoms with Crippen molar-refractivity contribution >= 4 is 57.6 Å². The Bertz CT molecular complexity index is 818. The molecule has 7 heteroatoms. The first-order chi connectivity index (χ1) is 10.6. The van der Waals surface area contributed by atoms with Crippen LogP contribution in [0.2, 0.25) is 15.1 Å². The van der Waals surface area contributed by atoms with Crippen LogP contribution in [0, 0.1) is 0 Å². The van der Waals surface area contributed by atoms with Gasteiger partial charge in [0.25, 0.3) is 0 Å². The molecule has 1 heterocycles. The predicted octanol–water partition coefficient (Wildman–Crippen LogP) is 5.31. The second kappa shape index (κ2) is 6.69. The van der Waals surface area contributed by atoms with Crippen molar-refractivity contribution in [3.63, 3.8) is 0 Å². The lowest BCUT2D eigenvalue weighted by Crippen LogP contribution is -1.83. The van der Waals surface area contributed by atoms with Crippen molar-refractivity contribution in [1.82, 2.24) is 9.97 Å². The molecule has 0 spiro atoms. The maximum atomic E-state index is 9.16. The summed E-state index contributed by atoms with van der Waals surface area (Å²) in [5.41, 5.74) is 2.48. The molecule has 3 nitrogen and oxygen atoms in total. The van der Waals surface area contributed by atoms with Gasteiger partial charge < -0.3 is 10.1 Å². The molecule has 114 valence electrons. The lowest BCUT2D eigenvalue weighted by atomic mass is 10.2. The van der Waals surface area contributed by atoms with Crippen LogP contribution in [0.3, 0.4) is 0 Å². The summed E-state index contributed by atoms with van der Waals surface area (Å²) in [6, 6.07) is 9.57. The average Bonchev–Trinajstić information content (AvgIpc) is 2.94. The van der Waals surface area contributed by atoms with Gasteiger partial charge >= 0.3 is 0 Å². The number of fused-ring (bicyclic) bond motifs is 1. The highest BCUT2D eigenvalue weighted by atomic mass is 35.5. The number of H-pyrrole nitrogens is 1. The summed E-state index contributed by atoms with van der Waals surface area (Å²) in [7, 11) is 0. The average molecular weight is 374 g/mol. The van der Waals surface area contributed by atoms with Crippen LogP contribution in [0.25, 0.3) is 11.0 Å². The van der Waals surface area contributed by atoms with Crippen molar-refractivity contribution in [2.75, 3.05) is 0 Å². The van der Waals surface area contributed by atoms with E-state index in [4.69, 9.17) is 39.9 Å². The quantitative estimate of drug-likeness (QED) is 0.609. The third-order valence-corrected chi connectivity index (χ3v) is 5.46. The van der Waals surface area contributed by atoms with Gasteiger partial charge in [0.05, 0.1) is 15.6 Å². The van der Waals surface area contributed by atoms with Crippen LogP contribution in [0.5, 0.6) is 0 Å². The minimum absolute atomic E-state index is 0.171. The fraction of sp³-hybridized carbons (Fsp3) is 0.133. The zero-order chi connectivity index (χ0) is 15.7. The maximum Gasteiger partial charge on any atom is 0.133 e. The first kappa shape index (κ1) is 16.0. The predicted molar refractivity (Wildman–Crippen MR) is 93.0 cm³/mol. The van der Waals surface area contributed by atoms with E-state index in [0.717, 1.165) is 21.7 Å². The van der Waals surface area contributed by atoms with E-state index < -0.39 is 0 Å². The summed E-state index contributed by atoms with van der Waals surface area (Å²) in [5, 5.41) is 10.7. The largest absolute Gasteiger partial charge is 0.388 e. The van der Waals surface area contributed by atoms with Crippen LogP contribution in [-0.4, -0.2) is 15.1 Å². The van der Waals surface area contributed by atoms with E-state index in [9.17, 15) is 0 Å². The van der Waals surface area contributed by atoms with E-state index in [0.29, 0.717) is 26.4 Å². The van der Waals surface area contributed by atoms with Gasteiger partial charge in [-0.3, -0.25) is 0 Å². The Balaban J connectivity index is 1.89. The number of nitrogens with zero attached hydrogens (tertiary/aromatic N) is 1. The number of aromatic nitrogens is 2. The zero-order valence-corrected chi connectivity index (χ0v) is 14.3. The molecule has 0 aliphatic carbocycles. The fourth-order valence-electron chi connectivity index (χ4n) is 2.04. The number of aliphatic hydroxyl groups is 1. The highest BCUT2D eigenvalue weighted by Crippen LogP contribution is 2.39. The van der Waals surface area contributed by atoms with Gasteiger partial charge in [0.2, 0.25) is 0 Å². The molecule has 0 saturated heterocycles. The molecule has 0 aliphatic rings. The lowest BCUT2D eigenvalue weighted by molar-refractivity contribution is 0.273. The van der Waals surface area contributed by atoms with Crippen LogP contribution in [-0.2, 0) is 12.4 Å². The number of halogens is 3. The van der Waals surface area contributed by atoms with Crippen LogP contribution in [0.1, 0.15) is 11.4 Å². The molecule has 3 aromatic rings. The number of hydrogen-bond donors (Lipinski definition) is 2. The first-order valence-electron chi connectivity index (χ1n) is 6.43. The van der Waals surface area contributed by atoms with Crippen LogP contribution >= 0.6 is 46.6 Å². The summed E-state index contributed by atoms with van der Waals surface area (Å²) in [4.78, 5) is 8.10. The van der Waals surface area contributed by atoms with E-state index in [1.54, 1.807) is 11.8 Å². The van der Waals surface area contributed by atoms with Crippen molar-refractivity contribution in [3.05, 3.63) is 56.8 Å². The first-order valence-corrected chi connectivity index (χ1v) is 8.55. The number of aliphatic hydroxyl groups excluding tert-OH is 1. The van der Waals surface area contributed by atoms with Crippen LogP contribution in [0.15, 0.2) is 35.2 Å². The molecule has 2 aromatic carbocycles. The van der Waals surface area contributed by atoms with Crippen LogP contribution < -0.4 is 0 Å². The van der Waals surface area contributed by atoms with Gasteiger partial charge in [0, 0.05) is 15.7 Å². The summed E-state index contributed by atoms with van der Waals surface area (Å²) in [6.07, 6.45) is 0. The maximum absolute atomic E-state index is 9.16. The minimum Gasteiger partial charge on any atom is -0.388 e. The Morgan fingerprint density at radius 2 is 1.82 bits per heavy atom. The van der Waals surface area contributed by atoms with E-state index in [-0.39, 0.29) is 6.61 Å². The topological polar surface area (TPSA) is 48.9 Å². The van der Waals surface area contributed by atoms with Gasteiger partial charge in [0.1, 0.15) is 17.9 Å². The van der Waals surface area contributed by atoms with Crippen molar-refractivity contribution in [2.45, 2.75) is 17.3 Å². The highest BCUT2D eigenvalue weighted by molar-refractivity contribution is 7.98. The number of benzene rings is 2. The number of rotatable bonds is 4. The van der Waals surface area contributed by atoms with E-state index >= 15 is 0 Å². The van der Waals surface area contributed by atoms with Gasteiger partial charge in [-0.15, -0.1) is 11.8 Å². The van der Waals surface area contributed by atoms with Crippen molar-refractivity contribution < 1.29 is 5.11 Å². The summed E-state index contributed by atoms with van der Waals surface area (Å²) < 4.78 is 0. The molecule has 2 N–H and O–H groups in total. The fourth-order valence-corrected chi connectivity index (χ4v) is 3.72. The molecule has 0 radical (unpaired) electrons. The molecule has 0 atom stereocenters. The van der Waals surface area contributed by atoms with Gasteiger partial charge in [-0.2, -0.15) is 0 Å². The molecule has 22 heavy (non-hydrogen) atoms. The Morgan fingerprint density at radius 1 is 1.09 bits per heavy atom. The molecule has 0 aliphatic heterocycles. The number of nitrogens with one attached hydrogen (secondary N) is 1. The molecule has 0 fully saturated rings. The highest BCUT2D eigenvalue weighted by Gasteiger charge is 2.14. The Hall–Kier alpha value is -0.910.